The minimum Gasteiger partial charge on any atom is -0.342 e. The number of aromatic amines is 1. The monoisotopic (exact) mass is 187 g/mol. The van der Waals surface area contributed by atoms with E-state index < -0.39 is 0 Å². The lowest BCUT2D eigenvalue weighted by Gasteiger charge is -1.95. The first kappa shape index (κ1) is 7.97. The van der Waals surface area contributed by atoms with Crippen molar-refractivity contribution < 1.29 is 0 Å². The number of nitrogens with zero attached hydrogens (tertiary/aromatic N) is 2. The van der Waals surface area contributed by atoms with Gasteiger partial charge in [-0.05, 0) is 25.7 Å². The number of nitrogens with one attached hydrogen (secondary N) is 1. The summed E-state index contributed by atoms with van der Waals surface area (Å²) < 4.78 is 0. The van der Waals surface area contributed by atoms with Gasteiger partial charge in [0.05, 0.1) is 0 Å². The Balaban J connectivity index is 2.24. The van der Waals surface area contributed by atoms with Crippen LogP contribution in [0.1, 0.15) is 30.5 Å². The number of H-pyrrole nitrogens is 1. The Morgan fingerprint density at radius 2 is 1.86 bits per heavy atom. The normalized spacial score (nSPS) is 16.6. The molecule has 14 heavy (non-hydrogen) atoms. The molecule has 0 bridgehead atoms. The summed E-state index contributed by atoms with van der Waals surface area (Å²) in [5, 5.41) is 0. The molecule has 2 heterocycles. The molecule has 3 nitrogen and oxygen atoms in total. The fourth-order valence-electron chi connectivity index (χ4n) is 2.27. The van der Waals surface area contributed by atoms with Crippen molar-refractivity contribution in [2.75, 3.05) is 0 Å². The van der Waals surface area contributed by atoms with Gasteiger partial charge in [-0.25, -0.2) is 4.98 Å². The van der Waals surface area contributed by atoms with Gasteiger partial charge in [0.1, 0.15) is 5.52 Å². The van der Waals surface area contributed by atoms with E-state index in [4.69, 9.17) is 0 Å². The molecule has 0 amide bonds. The number of rotatable bonds is 0. The molecule has 3 rings (SSSR count). The van der Waals surface area contributed by atoms with Crippen molar-refractivity contribution in [1.29, 1.82) is 0 Å². The van der Waals surface area contributed by atoms with Crippen LogP contribution in [0.2, 0.25) is 0 Å². The average molecular weight is 187 g/mol. The minimum atomic E-state index is 0.958. The zero-order valence-corrected chi connectivity index (χ0v) is 8.08. The molecule has 1 aliphatic rings. The van der Waals surface area contributed by atoms with Crippen LogP contribution in [0.5, 0.6) is 0 Å². The molecular weight excluding hydrogens is 174 g/mol. The highest BCUT2D eigenvalue weighted by Crippen LogP contribution is 2.25. The van der Waals surface area contributed by atoms with Gasteiger partial charge in [-0.1, -0.05) is 6.42 Å². The van der Waals surface area contributed by atoms with E-state index in [1.54, 1.807) is 12.4 Å². The van der Waals surface area contributed by atoms with Crippen molar-refractivity contribution in [2.45, 2.75) is 32.1 Å². The van der Waals surface area contributed by atoms with Gasteiger partial charge in [-0.2, -0.15) is 0 Å². The van der Waals surface area contributed by atoms with Gasteiger partial charge in [0, 0.05) is 23.7 Å². The second-order valence-electron chi connectivity index (χ2n) is 3.90. The minimum absolute atomic E-state index is 0.958. The summed E-state index contributed by atoms with van der Waals surface area (Å²) in [5.74, 6) is 0. The van der Waals surface area contributed by atoms with Crippen molar-refractivity contribution in [3.8, 4) is 0 Å². The lowest BCUT2D eigenvalue weighted by atomic mass is 10.1. The maximum Gasteiger partial charge on any atom is 0.156 e. The van der Waals surface area contributed by atoms with Gasteiger partial charge in [0.2, 0.25) is 0 Å². The maximum atomic E-state index is 4.40. The summed E-state index contributed by atoms with van der Waals surface area (Å²) in [6, 6.07) is 0. The van der Waals surface area contributed by atoms with Crippen LogP contribution in [0.15, 0.2) is 12.4 Å². The van der Waals surface area contributed by atoms with Crippen LogP contribution in [0.3, 0.4) is 0 Å². The highest BCUT2D eigenvalue weighted by molar-refractivity contribution is 5.76. The van der Waals surface area contributed by atoms with E-state index in [2.05, 4.69) is 15.0 Å². The van der Waals surface area contributed by atoms with Crippen molar-refractivity contribution in [1.82, 2.24) is 15.0 Å². The number of fused-ring (bicyclic) bond motifs is 3. The predicted octanol–water partition coefficient (Wildman–Crippen LogP) is 2.23. The Morgan fingerprint density at radius 1 is 1.00 bits per heavy atom. The van der Waals surface area contributed by atoms with Crippen molar-refractivity contribution in [2.24, 2.45) is 0 Å². The molecule has 0 saturated carbocycles. The zero-order valence-electron chi connectivity index (χ0n) is 8.08. The summed E-state index contributed by atoms with van der Waals surface area (Å²) in [7, 11) is 0. The van der Waals surface area contributed by atoms with Gasteiger partial charge in [0.15, 0.2) is 5.65 Å². The molecule has 2 aromatic rings. The van der Waals surface area contributed by atoms with E-state index in [0.717, 1.165) is 24.0 Å². The third kappa shape index (κ3) is 1.12. The molecule has 0 atom stereocenters. The number of aryl methyl sites for hydroxylation is 2. The maximum absolute atomic E-state index is 4.40. The summed E-state index contributed by atoms with van der Waals surface area (Å²) in [4.78, 5) is 12.1. The average Bonchev–Trinajstić information content (AvgIpc) is 2.42. The van der Waals surface area contributed by atoms with E-state index in [-0.39, 0.29) is 0 Å². The number of aromatic nitrogens is 3. The molecule has 0 aliphatic heterocycles. The Hall–Kier alpha value is -1.38. The molecule has 0 unspecified atom stereocenters. The van der Waals surface area contributed by atoms with E-state index in [0.29, 0.717) is 0 Å². The summed E-state index contributed by atoms with van der Waals surface area (Å²) in [5.41, 5.74) is 4.82. The lowest BCUT2D eigenvalue weighted by molar-refractivity contribution is 0.708. The van der Waals surface area contributed by atoms with Crippen molar-refractivity contribution in [3.63, 3.8) is 0 Å². The Kier molecular flexibility index (Phi) is 1.76. The van der Waals surface area contributed by atoms with Crippen molar-refractivity contribution >= 4 is 11.2 Å². The first-order valence-corrected chi connectivity index (χ1v) is 5.25. The van der Waals surface area contributed by atoms with Crippen LogP contribution in [0, 0.1) is 0 Å². The molecule has 0 saturated heterocycles. The topological polar surface area (TPSA) is 41.6 Å². The van der Waals surface area contributed by atoms with Crippen LogP contribution in [-0.4, -0.2) is 15.0 Å². The molecular formula is C11H13N3. The summed E-state index contributed by atoms with van der Waals surface area (Å²) >= 11 is 0. The van der Waals surface area contributed by atoms with E-state index in [1.165, 1.54) is 30.5 Å². The molecule has 0 aromatic carbocycles. The smallest absolute Gasteiger partial charge is 0.156 e. The fraction of sp³-hybridized carbons (Fsp3) is 0.455. The van der Waals surface area contributed by atoms with Gasteiger partial charge >= 0.3 is 0 Å². The van der Waals surface area contributed by atoms with Crippen LogP contribution >= 0.6 is 0 Å². The molecule has 0 fully saturated rings. The molecule has 0 spiro atoms. The Labute approximate surface area is 82.6 Å². The molecule has 72 valence electrons. The molecule has 3 heteroatoms. The molecule has 0 radical (unpaired) electrons. The van der Waals surface area contributed by atoms with Crippen LogP contribution in [0.25, 0.3) is 11.2 Å². The fourth-order valence-corrected chi connectivity index (χ4v) is 2.27. The van der Waals surface area contributed by atoms with Gasteiger partial charge in [-0.15, -0.1) is 0 Å². The van der Waals surface area contributed by atoms with Crippen LogP contribution in [-0.2, 0) is 12.8 Å². The SMILES string of the molecule is c1cnc2c3c([nH]c2n1)CCCCC3. The number of hydrogen-bond acceptors (Lipinski definition) is 2. The quantitative estimate of drug-likeness (QED) is 0.642. The standard InChI is InChI=1S/C11H13N3/c1-2-4-8-9(5-3-1)14-11-10(8)12-6-7-13-11/h6-7H,1-5H2,(H,13,14). The van der Waals surface area contributed by atoms with Crippen LogP contribution in [0.4, 0.5) is 0 Å². The summed E-state index contributed by atoms with van der Waals surface area (Å²) in [6.07, 6.45) is 9.77. The van der Waals surface area contributed by atoms with Crippen LogP contribution < -0.4 is 0 Å². The van der Waals surface area contributed by atoms with Gasteiger partial charge in [-0.3, -0.25) is 4.98 Å². The van der Waals surface area contributed by atoms with E-state index in [1.807, 2.05) is 0 Å². The van der Waals surface area contributed by atoms with E-state index in [9.17, 15) is 0 Å². The van der Waals surface area contributed by atoms with Crippen molar-refractivity contribution in [3.05, 3.63) is 23.7 Å². The third-order valence-corrected chi connectivity index (χ3v) is 2.97. The Morgan fingerprint density at radius 3 is 2.86 bits per heavy atom. The second kappa shape index (κ2) is 3.08. The third-order valence-electron chi connectivity index (χ3n) is 2.97. The highest BCUT2D eigenvalue weighted by Gasteiger charge is 2.14. The number of hydrogen-bond donors (Lipinski definition) is 1. The molecule has 1 N–H and O–H groups in total. The predicted molar refractivity (Wildman–Crippen MR) is 55.1 cm³/mol. The second-order valence-corrected chi connectivity index (χ2v) is 3.90. The van der Waals surface area contributed by atoms with E-state index >= 15 is 0 Å². The molecule has 2 aromatic heterocycles. The zero-order chi connectivity index (χ0) is 9.38. The highest BCUT2D eigenvalue weighted by atomic mass is 14.9. The molecule has 1 aliphatic carbocycles. The first-order chi connectivity index (χ1) is 6.95. The lowest BCUT2D eigenvalue weighted by Crippen LogP contribution is -1.87. The largest absolute Gasteiger partial charge is 0.342 e. The van der Waals surface area contributed by atoms with Gasteiger partial charge in [0.25, 0.3) is 0 Å². The van der Waals surface area contributed by atoms with Gasteiger partial charge < -0.3 is 4.98 Å². The first-order valence-electron chi connectivity index (χ1n) is 5.25. The summed E-state index contributed by atoms with van der Waals surface area (Å²) in [6.45, 7) is 0. The Bertz CT molecular complexity index is 459.